The van der Waals surface area contributed by atoms with Crippen LogP contribution in [-0.2, 0) is 23.0 Å². The van der Waals surface area contributed by atoms with Gasteiger partial charge in [-0.3, -0.25) is 14.9 Å². The van der Waals surface area contributed by atoms with E-state index in [9.17, 15) is 18.4 Å². The van der Waals surface area contributed by atoms with E-state index in [1.165, 1.54) is 30.9 Å². The summed E-state index contributed by atoms with van der Waals surface area (Å²) in [6.07, 6.45) is 0.316. The number of ether oxygens (including phenoxy) is 1. The van der Waals surface area contributed by atoms with Gasteiger partial charge in [-0.2, -0.15) is 0 Å². The first-order valence-corrected chi connectivity index (χ1v) is 13.2. The van der Waals surface area contributed by atoms with Crippen LogP contribution in [0.5, 0.6) is 5.75 Å². The standard InChI is InChI=1S/C27H33N3O5S/c1-5-29(6-2)19-22-12-10-21(11-13-22)17-24-18-25(35-4)14-15-26(24)36(33,34)28-30(32)27(31)23-9-7-8-20(3)16-23/h7-16,18,28,32H,5-6,17,19H2,1-4H3. The summed E-state index contributed by atoms with van der Waals surface area (Å²) in [6.45, 7) is 8.81. The third-order valence-electron chi connectivity index (χ3n) is 5.94. The number of nitrogens with one attached hydrogen (secondary N) is 1. The van der Waals surface area contributed by atoms with Crippen LogP contribution >= 0.6 is 0 Å². The number of sulfonamides is 1. The third kappa shape index (κ3) is 6.92. The first-order chi connectivity index (χ1) is 17.2. The van der Waals surface area contributed by atoms with Gasteiger partial charge >= 0.3 is 0 Å². The molecule has 0 saturated carbocycles. The number of methoxy groups -OCH3 is 1. The summed E-state index contributed by atoms with van der Waals surface area (Å²) in [5, 5.41) is 10.2. The van der Waals surface area contributed by atoms with Gasteiger partial charge in [0.15, 0.2) is 0 Å². The highest BCUT2D eigenvalue weighted by Gasteiger charge is 2.25. The lowest BCUT2D eigenvalue weighted by Crippen LogP contribution is -2.44. The molecule has 0 fully saturated rings. The Balaban J connectivity index is 1.84. The van der Waals surface area contributed by atoms with Crippen molar-refractivity contribution in [3.05, 3.63) is 94.5 Å². The molecule has 0 unspecified atom stereocenters. The van der Waals surface area contributed by atoms with Crippen LogP contribution in [0.4, 0.5) is 0 Å². The average molecular weight is 512 g/mol. The number of nitrogens with zero attached hydrogens (tertiary/aromatic N) is 2. The summed E-state index contributed by atoms with van der Waals surface area (Å²) < 4.78 is 31.7. The molecule has 1 amide bonds. The summed E-state index contributed by atoms with van der Waals surface area (Å²) in [6, 6.07) is 19.1. The van der Waals surface area contributed by atoms with E-state index >= 15 is 0 Å². The van der Waals surface area contributed by atoms with Crippen molar-refractivity contribution in [2.45, 2.75) is 38.6 Å². The first-order valence-electron chi connectivity index (χ1n) is 11.8. The molecule has 3 rings (SSSR count). The number of amides is 1. The first kappa shape index (κ1) is 27.3. The zero-order valence-electron chi connectivity index (χ0n) is 21.1. The Kier molecular flexibility index (Phi) is 9.22. The Morgan fingerprint density at radius 1 is 0.972 bits per heavy atom. The minimum absolute atomic E-state index is 0.000125. The van der Waals surface area contributed by atoms with Crippen LogP contribution in [0, 0.1) is 6.92 Å². The molecule has 3 aromatic carbocycles. The van der Waals surface area contributed by atoms with Gasteiger partial charge in [0, 0.05) is 12.1 Å². The number of hydroxylamine groups is 1. The van der Waals surface area contributed by atoms with Crippen molar-refractivity contribution in [1.29, 1.82) is 0 Å². The van der Waals surface area contributed by atoms with Crippen LogP contribution in [-0.4, -0.2) is 49.8 Å². The molecular weight excluding hydrogens is 478 g/mol. The van der Waals surface area contributed by atoms with Gasteiger partial charge in [0.1, 0.15) is 5.75 Å². The van der Waals surface area contributed by atoms with Crippen LogP contribution in [0.2, 0.25) is 0 Å². The lowest BCUT2D eigenvalue weighted by atomic mass is 10.0. The van der Waals surface area contributed by atoms with E-state index < -0.39 is 15.9 Å². The van der Waals surface area contributed by atoms with Crippen LogP contribution < -0.4 is 9.57 Å². The molecule has 0 aliphatic carbocycles. The minimum Gasteiger partial charge on any atom is -0.497 e. The van der Waals surface area contributed by atoms with Crippen molar-refractivity contribution >= 4 is 15.9 Å². The fourth-order valence-corrected chi connectivity index (χ4v) is 5.01. The maximum absolute atomic E-state index is 13.2. The SMILES string of the molecule is CCN(CC)Cc1ccc(Cc2cc(OC)ccc2S(=O)(=O)NN(O)C(=O)c2cccc(C)c2)cc1. The van der Waals surface area contributed by atoms with Crippen LogP contribution in [0.25, 0.3) is 0 Å². The van der Waals surface area contributed by atoms with Crippen LogP contribution in [0.1, 0.15) is 46.5 Å². The molecule has 0 spiro atoms. The summed E-state index contributed by atoms with van der Waals surface area (Å²) in [4.78, 5) is 16.8. The second-order valence-corrected chi connectivity index (χ2v) is 10.1. The molecule has 0 aromatic heterocycles. The molecule has 2 N–H and O–H groups in total. The van der Waals surface area contributed by atoms with Crippen molar-refractivity contribution in [2.75, 3.05) is 20.2 Å². The maximum Gasteiger partial charge on any atom is 0.293 e. The monoisotopic (exact) mass is 511 g/mol. The topological polar surface area (TPSA) is 99.2 Å². The van der Waals surface area contributed by atoms with Gasteiger partial charge in [0.25, 0.3) is 15.9 Å². The van der Waals surface area contributed by atoms with Crippen molar-refractivity contribution in [3.8, 4) is 5.75 Å². The van der Waals surface area contributed by atoms with Gasteiger partial charge in [-0.1, -0.05) is 60.6 Å². The van der Waals surface area contributed by atoms with Crippen LogP contribution in [0.3, 0.4) is 0 Å². The quantitative estimate of drug-likeness (QED) is 0.296. The number of hydrogen-bond acceptors (Lipinski definition) is 6. The summed E-state index contributed by atoms with van der Waals surface area (Å²) >= 11 is 0. The molecule has 3 aromatic rings. The Morgan fingerprint density at radius 2 is 1.64 bits per heavy atom. The number of hydrazine groups is 1. The molecule has 0 saturated heterocycles. The normalized spacial score (nSPS) is 11.5. The fraction of sp³-hybridized carbons (Fsp3) is 0.296. The summed E-state index contributed by atoms with van der Waals surface area (Å²) in [7, 11) is -2.78. The van der Waals surface area contributed by atoms with Crippen molar-refractivity contribution < 1.29 is 23.2 Å². The summed E-state index contributed by atoms with van der Waals surface area (Å²) in [5.41, 5.74) is 3.51. The number of carbonyl (C=O) groups excluding carboxylic acids is 1. The Bertz CT molecular complexity index is 1290. The van der Waals surface area contributed by atoms with E-state index in [1.54, 1.807) is 31.2 Å². The molecule has 0 aliphatic rings. The molecule has 8 nitrogen and oxygen atoms in total. The van der Waals surface area contributed by atoms with E-state index in [0.29, 0.717) is 17.7 Å². The zero-order chi connectivity index (χ0) is 26.3. The number of rotatable bonds is 11. The van der Waals surface area contributed by atoms with Crippen LogP contribution in [0.15, 0.2) is 71.6 Å². The zero-order valence-corrected chi connectivity index (χ0v) is 21.9. The highest BCUT2D eigenvalue weighted by molar-refractivity contribution is 7.89. The van der Waals surface area contributed by atoms with Crippen molar-refractivity contribution in [1.82, 2.24) is 14.9 Å². The van der Waals surface area contributed by atoms with Gasteiger partial charge in [0.05, 0.1) is 12.0 Å². The van der Waals surface area contributed by atoms with E-state index in [2.05, 4.69) is 18.7 Å². The van der Waals surface area contributed by atoms with E-state index in [-0.39, 0.29) is 15.6 Å². The smallest absolute Gasteiger partial charge is 0.293 e. The molecule has 0 bridgehead atoms. The van der Waals surface area contributed by atoms with E-state index in [1.807, 2.05) is 29.1 Å². The van der Waals surface area contributed by atoms with E-state index in [4.69, 9.17) is 4.74 Å². The Labute approximate surface area is 213 Å². The maximum atomic E-state index is 13.2. The molecule has 36 heavy (non-hydrogen) atoms. The summed E-state index contributed by atoms with van der Waals surface area (Å²) in [5.74, 6) is -0.389. The largest absolute Gasteiger partial charge is 0.497 e. The van der Waals surface area contributed by atoms with Crippen molar-refractivity contribution in [2.24, 2.45) is 0 Å². The minimum atomic E-state index is -4.29. The Morgan fingerprint density at radius 3 is 2.25 bits per heavy atom. The number of hydrogen-bond donors (Lipinski definition) is 2. The molecule has 9 heteroatoms. The highest BCUT2D eigenvalue weighted by atomic mass is 32.2. The predicted molar refractivity (Wildman–Crippen MR) is 138 cm³/mol. The number of carbonyl (C=O) groups is 1. The number of benzene rings is 3. The van der Waals surface area contributed by atoms with Gasteiger partial charge in [-0.05, 0) is 73.5 Å². The molecule has 0 atom stereocenters. The van der Waals surface area contributed by atoms with Gasteiger partial charge in [-0.15, -0.1) is 5.17 Å². The molecule has 192 valence electrons. The van der Waals surface area contributed by atoms with Gasteiger partial charge < -0.3 is 4.74 Å². The van der Waals surface area contributed by atoms with Gasteiger partial charge in [-0.25, -0.2) is 8.42 Å². The van der Waals surface area contributed by atoms with Crippen molar-refractivity contribution in [3.63, 3.8) is 0 Å². The lowest BCUT2D eigenvalue weighted by molar-refractivity contribution is -0.0761. The average Bonchev–Trinajstić information content (AvgIpc) is 2.87. The molecule has 0 aliphatic heterocycles. The highest BCUT2D eigenvalue weighted by Crippen LogP contribution is 2.25. The second kappa shape index (κ2) is 12.1. The van der Waals surface area contributed by atoms with Gasteiger partial charge in [0.2, 0.25) is 0 Å². The fourth-order valence-electron chi connectivity index (χ4n) is 3.88. The second-order valence-electron chi connectivity index (χ2n) is 8.51. The predicted octanol–water partition coefficient (Wildman–Crippen LogP) is 4.16. The van der Waals surface area contributed by atoms with E-state index in [0.717, 1.165) is 30.8 Å². The molecule has 0 heterocycles. The number of aryl methyl sites for hydroxylation is 1. The molecular formula is C27H33N3O5S. The lowest BCUT2D eigenvalue weighted by Gasteiger charge is -2.19. The third-order valence-corrected chi connectivity index (χ3v) is 7.33. The Hall–Kier alpha value is -3.24. The molecule has 0 radical (unpaired) electrons.